The first-order valence-corrected chi connectivity index (χ1v) is 9.71. The molecule has 29 heavy (non-hydrogen) atoms. The first-order valence-electron chi connectivity index (χ1n) is 9.71. The maximum atomic E-state index is 12.9. The van der Waals surface area contributed by atoms with E-state index in [1.807, 2.05) is 0 Å². The van der Waals surface area contributed by atoms with Crippen LogP contribution < -0.4 is 0 Å². The normalized spacial score (nSPS) is 20.4. The van der Waals surface area contributed by atoms with Crippen molar-refractivity contribution in [2.75, 3.05) is 13.1 Å². The monoisotopic (exact) mass is 404 g/mol. The number of carbonyl (C=O) groups is 1. The van der Waals surface area contributed by atoms with Gasteiger partial charge in [0.15, 0.2) is 5.69 Å². The number of alkyl halides is 3. The molecule has 2 aliphatic rings. The fraction of sp³-hybridized carbons (Fsp3) is 0.450. The Kier molecular flexibility index (Phi) is 4.15. The topological polar surface area (TPSA) is 75.0 Å². The molecule has 0 aromatic carbocycles. The van der Waals surface area contributed by atoms with Crippen LogP contribution in [0.15, 0.2) is 28.8 Å². The van der Waals surface area contributed by atoms with E-state index in [1.54, 1.807) is 17.0 Å². The second kappa shape index (κ2) is 6.60. The zero-order valence-electron chi connectivity index (χ0n) is 15.5. The Balaban J connectivity index is 1.35. The minimum atomic E-state index is -4.48. The van der Waals surface area contributed by atoms with E-state index < -0.39 is 11.9 Å². The predicted octanol–water partition coefficient (Wildman–Crippen LogP) is 4.47. The third kappa shape index (κ3) is 3.49. The van der Waals surface area contributed by atoms with E-state index >= 15 is 0 Å². The van der Waals surface area contributed by atoms with Crippen molar-refractivity contribution >= 4 is 16.9 Å². The average Bonchev–Trinajstić information content (AvgIpc) is 3.27. The molecule has 1 aliphatic carbocycles. The average molecular weight is 404 g/mol. The first kappa shape index (κ1) is 18.2. The number of hydrogen-bond acceptors (Lipinski definition) is 4. The van der Waals surface area contributed by atoms with Gasteiger partial charge in [-0.25, -0.2) is 4.98 Å². The van der Waals surface area contributed by atoms with Crippen molar-refractivity contribution in [3.63, 3.8) is 0 Å². The lowest BCUT2D eigenvalue weighted by molar-refractivity contribution is -0.140. The van der Waals surface area contributed by atoms with Crippen LogP contribution in [0.5, 0.6) is 0 Å². The molecule has 1 amide bonds. The Hall–Kier alpha value is -2.84. The molecule has 1 saturated heterocycles. The number of hydrogen-bond donors (Lipinski definition) is 1. The summed E-state index contributed by atoms with van der Waals surface area (Å²) >= 11 is 0. The fourth-order valence-corrected chi connectivity index (χ4v) is 3.94. The number of pyridine rings is 1. The van der Waals surface area contributed by atoms with Gasteiger partial charge in [0.1, 0.15) is 11.5 Å². The van der Waals surface area contributed by atoms with Gasteiger partial charge in [0.25, 0.3) is 5.91 Å². The van der Waals surface area contributed by atoms with Crippen LogP contribution in [0.1, 0.15) is 65.2 Å². The van der Waals surface area contributed by atoms with E-state index in [1.165, 1.54) is 6.07 Å². The number of H-pyrrole nitrogens is 1. The third-order valence-electron chi connectivity index (χ3n) is 5.66. The Morgan fingerprint density at radius 1 is 1.17 bits per heavy atom. The van der Waals surface area contributed by atoms with Gasteiger partial charge in [-0.05, 0) is 43.9 Å². The number of nitrogens with one attached hydrogen (secondary N) is 1. The highest BCUT2D eigenvalue weighted by Gasteiger charge is 2.34. The highest BCUT2D eigenvalue weighted by molar-refractivity contribution is 5.92. The Morgan fingerprint density at radius 3 is 2.76 bits per heavy atom. The van der Waals surface area contributed by atoms with Crippen LogP contribution in [0.2, 0.25) is 0 Å². The van der Waals surface area contributed by atoms with Gasteiger partial charge in [0.05, 0.1) is 11.0 Å². The van der Waals surface area contributed by atoms with Crippen molar-refractivity contribution in [3.8, 4) is 0 Å². The van der Waals surface area contributed by atoms with Gasteiger partial charge >= 0.3 is 6.18 Å². The quantitative estimate of drug-likeness (QED) is 0.699. The zero-order chi connectivity index (χ0) is 20.2. The van der Waals surface area contributed by atoms with Crippen LogP contribution in [0.3, 0.4) is 0 Å². The highest BCUT2D eigenvalue weighted by Crippen LogP contribution is 2.40. The minimum absolute atomic E-state index is 0.00559. The lowest BCUT2D eigenvalue weighted by atomic mass is 9.94. The third-order valence-corrected chi connectivity index (χ3v) is 5.66. The smallest absolute Gasteiger partial charge is 0.360 e. The number of carbonyl (C=O) groups excluding carboxylic acids is 1. The number of piperidine rings is 1. The van der Waals surface area contributed by atoms with Crippen molar-refractivity contribution < 1.29 is 22.5 Å². The number of likely N-dealkylation sites (tertiary alicyclic amines) is 1. The summed E-state index contributed by atoms with van der Waals surface area (Å²) in [7, 11) is 0. The van der Waals surface area contributed by atoms with E-state index in [4.69, 9.17) is 4.52 Å². The van der Waals surface area contributed by atoms with Gasteiger partial charge in [0, 0.05) is 36.7 Å². The van der Waals surface area contributed by atoms with Gasteiger partial charge < -0.3 is 14.4 Å². The van der Waals surface area contributed by atoms with Crippen molar-refractivity contribution in [3.05, 3.63) is 47.1 Å². The summed E-state index contributed by atoms with van der Waals surface area (Å²) < 4.78 is 44.0. The zero-order valence-corrected chi connectivity index (χ0v) is 15.5. The molecule has 2 fully saturated rings. The van der Waals surface area contributed by atoms with Crippen LogP contribution >= 0.6 is 0 Å². The van der Waals surface area contributed by atoms with Crippen molar-refractivity contribution in [1.82, 2.24) is 20.0 Å². The summed E-state index contributed by atoms with van der Waals surface area (Å²) in [5.41, 5.74) is 1.04. The predicted molar refractivity (Wildman–Crippen MR) is 97.5 cm³/mol. The van der Waals surface area contributed by atoms with E-state index in [9.17, 15) is 18.0 Å². The number of amides is 1. The molecule has 6 nitrogen and oxygen atoms in total. The number of fused-ring (bicyclic) bond motifs is 1. The first-order chi connectivity index (χ1) is 13.9. The Bertz CT molecular complexity index is 1070. The SMILES string of the molecule is O=C(c1cc(C2CC2)on1)N1CCC[C@@H](c2cc3nc(C(F)(F)F)ccc3[nH]2)C1. The molecule has 1 atom stereocenters. The summed E-state index contributed by atoms with van der Waals surface area (Å²) in [6.45, 7) is 1.10. The minimum Gasteiger partial charge on any atom is -0.360 e. The lowest BCUT2D eigenvalue weighted by Crippen LogP contribution is -2.39. The van der Waals surface area contributed by atoms with Gasteiger partial charge in [0.2, 0.25) is 0 Å². The molecule has 4 heterocycles. The highest BCUT2D eigenvalue weighted by atomic mass is 19.4. The van der Waals surface area contributed by atoms with Gasteiger partial charge in [-0.1, -0.05) is 5.16 Å². The second-order valence-electron chi connectivity index (χ2n) is 7.83. The van der Waals surface area contributed by atoms with Crippen molar-refractivity contribution in [2.45, 2.75) is 43.7 Å². The summed E-state index contributed by atoms with van der Waals surface area (Å²) in [6.07, 6.45) is -0.691. The molecule has 0 radical (unpaired) electrons. The number of nitrogens with zero attached hydrogens (tertiary/aromatic N) is 3. The summed E-state index contributed by atoms with van der Waals surface area (Å²) in [5, 5.41) is 3.93. The molecule has 1 aliphatic heterocycles. The Morgan fingerprint density at radius 2 is 2.00 bits per heavy atom. The number of halogens is 3. The van der Waals surface area contributed by atoms with Crippen molar-refractivity contribution in [2.24, 2.45) is 0 Å². The van der Waals surface area contributed by atoms with Crippen LogP contribution in [-0.4, -0.2) is 39.0 Å². The molecule has 1 N–H and O–H groups in total. The second-order valence-corrected chi connectivity index (χ2v) is 7.83. The molecule has 5 rings (SSSR count). The summed E-state index contributed by atoms with van der Waals surface area (Å²) in [6, 6.07) is 5.76. The van der Waals surface area contributed by atoms with E-state index in [-0.39, 0.29) is 17.3 Å². The van der Waals surface area contributed by atoms with Crippen LogP contribution in [0, 0.1) is 0 Å². The number of rotatable bonds is 3. The van der Waals surface area contributed by atoms with Crippen LogP contribution in [-0.2, 0) is 6.18 Å². The standard InChI is InChI=1S/C20H19F3N4O2/c21-20(22,23)18-6-5-13-15(25-18)8-14(24-13)12-2-1-7-27(10-12)19(28)16-9-17(29-26-16)11-3-4-11/h5-6,8-9,11-12,24H,1-4,7,10H2/t12-/m1/s1. The largest absolute Gasteiger partial charge is 0.433 e. The van der Waals surface area contributed by atoms with Crippen molar-refractivity contribution in [1.29, 1.82) is 0 Å². The molecule has 0 bridgehead atoms. The molecular formula is C20H19F3N4O2. The van der Waals surface area contributed by atoms with E-state index in [0.717, 1.165) is 43.2 Å². The molecule has 9 heteroatoms. The van der Waals surface area contributed by atoms with Crippen LogP contribution in [0.25, 0.3) is 11.0 Å². The number of aromatic amines is 1. The molecule has 0 unspecified atom stereocenters. The molecule has 3 aromatic heterocycles. The molecule has 0 spiro atoms. The maximum Gasteiger partial charge on any atom is 0.433 e. The fourth-order valence-electron chi connectivity index (χ4n) is 3.94. The molecular weight excluding hydrogens is 385 g/mol. The molecule has 1 saturated carbocycles. The lowest BCUT2D eigenvalue weighted by Gasteiger charge is -2.31. The van der Waals surface area contributed by atoms with E-state index in [2.05, 4.69) is 15.1 Å². The summed E-state index contributed by atoms with van der Waals surface area (Å²) in [5.74, 6) is 0.993. The van der Waals surface area contributed by atoms with Gasteiger partial charge in [-0.15, -0.1) is 0 Å². The number of aromatic nitrogens is 3. The maximum absolute atomic E-state index is 12.9. The van der Waals surface area contributed by atoms with Gasteiger partial charge in [-0.3, -0.25) is 4.79 Å². The van der Waals surface area contributed by atoms with Gasteiger partial charge in [-0.2, -0.15) is 13.2 Å². The van der Waals surface area contributed by atoms with Crippen LogP contribution in [0.4, 0.5) is 13.2 Å². The Labute approximate surface area is 164 Å². The summed E-state index contributed by atoms with van der Waals surface area (Å²) in [4.78, 5) is 21.5. The molecule has 152 valence electrons. The van der Waals surface area contributed by atoms with E-state index in [0.29, 0.717) is 30.2 Å². The molecule has 3 aromatic rings.